The van der Waals surface area contributed by atoms with E-state index in [2.05, 4.69) is 17.4 Å². The lowest BCUT2D eigenvalue weighted by molar-refractivity contribution is -0.121. The molecule has 1 aromatic rings. The molecule has 0 fully saturated rings. The van der Waals surface area contributed by atoms with Gasteiger partial charge in [0.25, 0.3) is 0 Å². The van der Waals surface area contributed by atoms with Gasteiger partial charge < -0.3 is 5.73 Å². The average Bonchev–Trinajstić information content (AvgIpc) is 2.71. The number of nitrogens with two attached hydrogens (primary N) is 1. The highest BCUT2D eigenvalue weighted by Crippen LogP contribution is 2.34. The van der Waals surface area contributed by atoms with Crippen LogP contribution < -0.4 is 11.1 Å². The number of primary amides is 1. The van der Waals surface area contributed by atoms with Crippen molar-refractivity contribution in [3.63, 3.8) is 0 Å². The minimum atomic E-state index is -0.805. The van der Waals surface area contributed by atoms with Gasteiger partial charge in [-0.25, -0.2) is 4.79 Å². The fraction of sp³-hybridized carbons (Fsp3) is 0.385. The molecule has 0 bridgehead atoms. The number of rotatable bonds is 3. The van der Waals surface area contributed by atoms with Gasteiger partial charge in [-0.1, -0.05) is 24.3 Å². The summed E-state index contributed by atoms with van der Waals surface area (Å²) in [5.41, 5.74) is 7.52. The zero-order valence-corrected chi connectivity index (χ0v) is 10.3. The van der Waals surface area contributed by atoms with Gasteiger partial charge in [-0.05, 0) is 31.0 Å². The van der Waals surface area contributed by atoms with Gasteiger partial charge in [0.1, 0.15) is 0 Å². The van der Waals surface area contributed by atoms with Crippen molar-refractivity contribution < 1.29 is 9.59 Å². The fourth-order valence-electron chi connectivity index (χ4n) is 2.51. The summed E-state index contributed by atoms with van der Waals surface area (Å²) in [5.74, 6) is -0.366. The highest BCUT2D eigenvalue weighted by atomic mass is 16.2. The van der Waals surface area contributed by atoms with Crippen molar-refractivity contribution in [1.82, 2.24) is 10.2 Å². The Labute approximate surface area is 106 Å². The van der Waals surface area contributed by atoms with Gasteiger partial charge in [0.05, 0.1) is 6.54 Å². The summed E-state index contributed by atoms with van der Waals surface area (Å²) < 4.78 is 0. The Morgan fingerprint density at radius 1 is 1.44 bits per heavy atom. The lowest BCUT2D eigenvalue weighted by Gasteiger charge is -2.24. The second-order valence-corrected chi connectivity index (χ2v) is 4.58. The lowest BCUT2D eigenvalue weighted by Crippen LogP contribution is -2.41. The van der Waals surface area contributed by atoms with Crippen LogP contribution in [0.2, 0.25) is 0 Å². The smallest absolute Gasteiger partial charge is 0.318 e. The number of carbonyl (C=O) groups is 2. The van der Waals surface area contributed by atoms with E-state index in [0.717, 1.165) is 12.8 Å². The number of fused-ring (bicyclic) bond motifs is 1. The van der Waals surface area contributed by atoms with Crippen molar-refractivity contribution in [3.8, 4) is 0 Å². The summed E-state index contributed by atoms with van der Waals surface area (Å²) in [5, 5.41) is 2.08. The van der Waals surface area contributed by atoms with Gasteiger partial charge in [-0.2, -0.15) is 0 Å². The molecule has 1 aliphatic carbocycles. The maximum atomic E-state index is 11.5. The van der Waals surface area contributed by atoms with Crippen LogP contribution in [0, 0.1) is 0 Å². The average molecular weight is 247 g/mol. The largest absolute Gasteiger partial charge is 0.351 e. The molecule has 0 saturated carbocycles. The number of likely N-dealkylation sites (N-methyl/N-ethyl adjacent to an activating group) is 1. The Morgan fingerprint density at radius 3 is 2.89 bits per heavy atom. The first kappa shape index (κ1) is 12.6. The minimum Gasteiger partial charge on any atom is -0.351 e. The topological polar surface area (TPSA) is 75.4 Å². The molecule has 0 saturated heterocycles. The van der Waals surface area contributed by atoms with E-state index in [1.165, 1.54) is 11.1 Å². The molecule has 1 unspecified atom stereocenters. The SMILES string of the molecule is CN(CC(=O)NC(N)=O)C1CCc2ccccc21. The third-order valence-electron chi connectivity index (χ3n) is 3.29. The summed E-state index contributed by atoms with van der Waals surface area (Å²) in [4.78, 5) is 24.0. The van der Waals surface area contributed by atoms with Crippen molar-refractivity contribution >= 4 is 11.9 Å². The molecule has 1 aromatic carbocycles. The summed E-state index contributed by atoms with van der Waals surface area (Å²) in [6.45, 7) is 0.169. The summed E-state index contributed by atoms with van der Waals surface area (Å²) in [6.07, 6.45) is 2.03. The van der Waals surface area contributed by atoms with Crippen molar-refractivity contribution in [2.75, 3.05) is 13.6 Å². The zero-order valence-electron chi connectivity index (χ0n) is 10.3. The molecule has 0 heterocycles. The molecule has 1 aliphatic rings. The molecule has 5 heteroatoms. The van der Waals surface area contributed by atoms with Crippen LogP contribution in [0.25, 0.3) is 0 Å². The van der Waals surface area contributed by atoms with Crippen LogP contribution in [0.5, 0.6) is 0 Å². The lowest BCUT2D eigenvalue weighted by atomic mass is 10.1. The highest BCUT2D eigenvalue weighted by Gasteiger charge is 2.26. The van der Waals surface area contributed by atoms with E-state index in [1.807, 2.05) is 24.1 Å². The number of nitrogens with zero attached hydrogens (tertiary/aromatic N) is 1. The van der Waals surface area contributed by atoms with Crippen molar-refractivity contribution in [1.29, 1.82) is 0 Å². The van der Waals surface area contributed by atoms with E-state index in [0.29, 0.717) is 0 Å². The predicted molar refractivity (Wildman–Crippen MR) is 67.9 cm³/mol. The number of amides is 3. The second kappa shape index (κ2) is 5.18. The van der Waals surface area contributed by atoms with Crippen LogP contribution in [-0.4, -0.2) is 30.4 Å². The molecular weight excluding hydrogens is 230 g/mol. The standard InChI is InChI=1S/C13H17N3O2/c1-16(8-12(17)15-13(14)18)11-7-6-9-4-2-3-5-10(9)11/h2-5,11H,6-8H2,1H3,(H3,14,15,17,18). The van der Waals surface area contributed by atoms with E-state index in [4.69, 9.17) is 5.73 Å². The molecule has 18 heavy (non-hydrogen) atoms. The molecule has 3 amide bonds. The number of benzene rings is 1. The number of hydrogen-bond acceptors (Lipinski definition) is 3. The van der Waals surface area contributed by atoms with Gasteiger partial charge in [-0.15, -0.1) is 0 Å². The predicted octanol–water partition coefficient (Wildman–Crippen LogP) is 0.801. The molecule has 0 spiro atoms. The molecule has 5 nitrogen and oxygen atoms in total. The maximum absolute atomic E-state index is 11.5. The first-order valence-corrected chi connectivity index (χ1v) is 5.95. The number of hydrogen-bond donors (Lipinski definition) is 2. The number of nitrogens with one attached hydrogen (secondary N) is 1. The fourth-order valence-corrected chi connectivity index (χ4v) is 2.51. The van der Waals surface area contributed by atoms with Crippen molar-refractivity contribution in [3.05, 3.63) is 35.4 Å². The van der Waals surface area contributed by atoms with Gasteiger partial charge >= 0.3 is 6.03 Å². The molecule has 3 N–H and O–H groups in total. The summed E-state index contributed by atoms with van der Waals surface area (Å²) >= 11 is 0. The molecule has 0 aliphatic heterocycles. The Hall–Kier alpha value is -1.88. The van der Waals surface area contributed by atoms with Crippen LogP contribution in [0.1, 0.15) is 23.6 Å². The molecule has 0 radical (unpaired) electrons. The Morgan fingerprint density at radius 2 is 2.17 bits per heavy atom. The second-order valence-electron chi connectivity index (χ2n) is 4.58. The van der Waals surface area contributed by atoms with Crippen LogP contribution in [0.15, 0.2) is 24.3 Å². The number of imide groups is 1. The first-order chi connectivity index (χ1) is 8.58. The van der Waals surface area contributed by atoms with Crippen LogP contribution in [-0.2, 0) is 11.2 Å². The van der Waals surface area contributed by atoms with Crippen LogP contribution in [0.3, 0.4) is 0 Å². The van der Waals surface area contributed by atoms with Gasteiger partial charge in [0.2, 0.25) is 5.91 Å². The van der Waals surface area contributed by atoms with Crippen LogP contribution >= 0.6 is 0 Å². The van der Waals surface area contributed by atoms with Gasteiger partial charge in [0, 0.05) is 6.04 Å². The third-order valence-corrected chi connectivity index (χ3v) is 3.29. The van der Waals surface area contributed by atoms with E-state index < -0.39 is 6.03 Å². The monoisotopic (exact) mass is 247 g/mol. The van der Waals surface area contributed by atoms with E-state index in [-0.39, 0.29) is 18.5 Å². The van der Waals surface area contributed by atoms with Crippen molar-refractivity contribution in [2.45, 2.75) is 18.9 Å². The Bertz CT molecular complexity index is 473. The van der Waals surface area contributed by atoms with E-state index in [1.54, 1.807) is 0 Å². The summed E-state index contributed by atoms with van der Waals surface area (Å²) in [7, 11) is 1.88. The number of carbonyl (C=O) groups excluding carboxylic acids is 2. The molecule has 2 rings (SSSR count). The molecule has 0 aromatic heterocycles. The normalized spacial score (nSPS) is 17.6. The van der Waals surface area contributed by atoms with Gasteiger partial charge in [0.15, 0.2) is 0 Å². The number of aryl methyl sites for hydroxylation is 1. The first-order valence-electron chi connectivity index (χ1n) is 5.95. The van der Waals surface area contributed by atoms with Crippen molar-refractivity contribution in [2.24, 2.45) is 5.73 Å². The van der Waals surface area contributed by atoms with E-state index in [9.17, 15) is 9.59 Å². The quantitative estimate of drug-likeness (QED) is 0.829. The van der Waals surface area contributed by atoms with Gasteiger partial charge in [-0.3, -0.25) is 15.0 Å². The molecule has 1 atom stereocenters. The van der Waals surface area contributed by atoms with E-state index >= 15 is 0 Å². The highest BCUT2D eigenvalue weighted by molar-refractivity contribution is 5.94. The Kier molecular flexibility index (Phi) is 3.62. The van der Waals surface area contributed by atoms with Crippen LogP contribution in [0.4, 0.5) is 4.79 Å². The third kappa shape index (κ3) is 2.68. The maximum Gasteiger partial charge on any atom is 0.318 e. The minimum absolute atomic E-state index is 0.169. The summed E-state index contributed by atoms with van der Waals surface area (Å²) in [6, 6.07) is 7.68. The zero-order chi connectivity index (χ0) is 13.1. The molecular formula is C13H17N3O2. The Balaban J connectivity index is 2.01. The molecule has 96 valence electrons. The number of urea groups is 1.